The van der Waals surface area contributed by atoms with Gasteiger partial charge < -0.3 is 15.0 Å². The molecule has 2 amide bonds. The van der Waals surface area contributed by atoms with Crippen molar-refractivity contribution >= 4 is 39.1 Å². The van der Waals surface area contributed by atoms with Crippen LogP contribution in [-0.4, -0.2) is 57.1 Å². The number of hydrogen-bond acceptors (Lipinski definition) is 5. The van der Waals surface area contributed by atoms with Crippen LogP contribution in [0.4, 0.5) is 5.69 Å². The van der Waals surface area contributed by atoms with Crippen LogP contribution in [0.3, 0.4) is 0 Å². The minimum absolute atomic E-state index is 0.0800. The standard InChI is InChI=1S/C28H38ClN3O5S/c1-20-14-15-23(29)18-26(20)32(38(4,35)36)16-8-13-27(33)31(19-22-9-7-12-25(17-22)37-3)21(2)28(34)30-24-10-5-6-11-24/h7,9,12,14-15,17-18,21,24H,5-6,8,10-11,13,16,19H2,1-4H3,(H,30,34)/t21-/m0/s1. The number of halogens is 1. The Bertz CT molecular complexity index is 1230. The Hall–Kier alpha value is -2.78. The van der Waals surface area contributed by atoms with Crippen LogP contribution < -0.4 is 14.4 Å². The molecule has 0 radical (unpaired) electrons. The molecular weight excluding hydrogens is 526 g/mol. The number of sulfonamides is 1. The molecule has 10 heteroatoms. The van der Waals surface area contributed by atoms with Crippen LogP contribution in [0.15, 0.2) is 42.5 Å². The highest BCUT2D eigenvalue weighted by Crippen LogP contribution is 2.27. The molecule has 38 heavy (non-hydrogen) atoms. The molecule has 8 nitrogen and oxygen atoms in total. The summed E-state index contributed by atoms with van der Waals surface area (Å²) in [5.74, 6) is 0.261. The minimum atomic E-state index is -3.60. The maximum atomic E-state index is 13.5. The number of amides is 2. The van der Waals surface area contributed by atoms with Gasteiger partial charge in [-0.2, -0.15) is 0 Å². The van der Waals surface area contributed by atoms with E-state index in [-0.39, 0.29) is 43.8 Å². The predicted octanol–water partition coefficient (Wildman–Crippen LogP) is 4.68. The lowest BCUT2D eigenvalue weighted by molar-refractivity contribution is -0.141. The number of rotatable bonds is 12. The third kappa shape index (κ3) is 8.11. The second kappa shape index (κ2) is 13.3. The molecular formula is C28H38ClN3O5S. The van der Waals surface area contributed by atoms with E-state index in [0.717, 1.165) is 43.1 Å². The first-order valence-corrected chi connectivity index (χ1v) is 15.2. The van der Waals surface area contributed by atoms with Crippen molar-refractivity contribution in [1.82, 2.24) is 10.2 Å². The fourth-order valence-electron chi connectivity index (χ4n) is 4.78. The largest absolute Gasteiger partial charge is 0.497 e. The van der Waals surface area contributed by atoms with Gasteiger partial charge in [-0.15, -0.1) is 0 Å². The van der Waals surface area contributed by atoms with Crippen LogP contribution in [0.1, 0.15) is 56.6 Å². The Balaban J connectivity index is 1.75. The van der Waals surface area contributed by atoms with Gasteiger partial charge in [-0.1, -0.05) is 42.6 Å². The van der Waals surface area contributed by atoms with E-state index in [1.807, 2.05) is 31.2 Å². The Morgan fingerprint density at radius 1 is 1.16 bits per heavy atom. The number of carbonyl (C=O) groups excluding carboxylic acids is 2. The van der Waals surface area contributed by atoms with Gasteiger partial charge in [-0.3, -0.25) is 13.9 Å². The van der Waals surface area contributed by atoms with Gasteiger partial charge in [0, 0.05) is 30.6 Å². The molecule has 0 aliphatic heterocycles. The monoisotopic (exact) mass is 563 g/mol. The van der Waals surface area contributed by atoms with E-state index in [2.05, 4.69) is 5.32 Å². The normalized spacial score (nSPS) is 14.7. The average molecular weight is 564 g/mol. The maximum absolute atomic E-state index is 13.5. The van der Waals surface area contributed by atoms with Gasteiger partial charge in [0.25, 0.3) is 0 Å². The average Bonchev–Trinajstić information content (AvgIpc) is 3.38. The van der Waals surface area contributed by atoms with Gasteiger partial charge in [0.1, 0.15) is 11.8 Å². The molecule has 3 rings (SSSR count). The summed E-state index contributed by atoms with van der Waals surface area (Å²) in [5.41, 5.74) is 2.10. The molecule has 1 aliphatic carbocycles. The van der Waals surface area contributed by atoms with Gasteiger partial charge in [-0.25, -0.2) is 8.42 Å². The number of carbonyl (C=O) groups is 2. The van der Waals surface area contributed by atoms with Crippen molar-refractivity contribution in [3.8, 4) is 5.75 Å². The second-order valence-electron chi connectivity index (χ2n) is 9.91. The topological polar surface area (TPSA) is 96.0 Å². The molecule has 1 saturated carbocycles. The van der Waals surface area contributed by atoms with Gasteiger partial charge in [0.15, 0.2) is 0 Å². The van der Waals surface area contributed by atoms with E-state index in [1.54, 1.807) is 37.1 Å². The third-order valence-electron chi connectivity index (χ3n) is 6.95. The molecule has 0 heterocycles. The van der Waals surface area contributed by atoms with Crippen molar-refractivity contribution in [3.63, 3.8) is 0 Å². The highest BCUT2D eigenvalue weighted by molar-refractivity contribution is 7.92. The number of aryl methyl sites for hydroxylation is 1. The Morgan fingerprint density at radius 3 is 2.53 bits per heavy atom. The van der Waals surface area contributed by atoms with Crippen LogP contribution >= 0.6 is 11.6 Å². The fourth-order valence-corrected chi connectivity index (χ4v) is 5.96. The van der Waals surface area contributed by atoms with Crippen molar-refractivity contribution in [2.24, 2.45) is 0 Å². The molecule has 208 valence electrons. The number of anilines is 1. The Kier molecular flexibility index (Phi) is 10.4. The second-order valence-corrected chi connectivity index (χ2v) is 12.3. The highest BCUT2D eigenvalue weighted by atomic mass is 35.5. The minimum Gasteiger partial charge on any atom is -0.497 e. The zero-order valence-electron chi connectivity index (χ0n) is 22.6. The van der Waals surface area contributed by atoms with Crippen LogP contribution in [0.5, 0.6) is 5.75 Å². The Morgan fingerprint density at radius 2 is 1.87 bits per heavy atom. The summed E-state index contributed by atoms with van der Waals surface area (Å²) < 4.78 is 31.8. The first kappa shape index (κ1) is 29.8. The van der Waals surface area contributed by atoms with Crippen LogP contribution in [0, 0.1) is 6.92 Å². The molecule has 2 aromatic rings. The van der Waals surface area contributed by atoms with E-state index < -0.39 is 16.1 Å². The lowest BCUT2D eigenvalue weighted by Gasteiger charge is -2.30. The van der Waals surface area contributed by atoms with E-state index in [1.165, 1.54) is 4.31 Å². The molecule has 0 spiro atoms. The lowest BCUT2D eigenvalue weighted by atomic mass is 10.1. The van der Waals surface area contributed by atoms with Crippen molar-refractivity contribution < 1.29 is 22.7 Å². The summed E-state index contributed by atoms with van der Waals surface area (Å²) in [6.07, 6.45) is 5.59. The number of hydrogen-bond donors (Lipinski definition) is 1. The molecule has 0 bridgehead atoms. The van der Waals surface area contributed by atoms with Crippen LogP contribution in [-0.2, 0) is 26.2 Å². The SMILES string of the molecule is COc1cccc(CN(C(=O)CCCN(c2cc(Cl)ccc2C)S(C)(=O)=O)[C@@H](C)C(=O)NC2CCCC2)c1. The summed E-state index contributed by atoms with van der Waals surface area (Å²) >= 11 is 6.13. The van der Waals surface area contributed by atoms with Crippen LogP contribution in [0.25, 0.3) is 0 Å². The summed E-state index contributed by atoms with van der Waals surface area (Å²) in [6, 6.07) is 11.9. The number of methoxy groups -OCH3 is 1. The van der Waals surface area contributed by atoms with Gasteiger partial charge in [-0.05, 0) is 68.5 Å². The highest BCUT2D eigenvalue weighted by Gasteiger charge is 2.29. The number of nitrogens with zero attached hydrogens (tertiary/aromatic N) is 2. The lowest BCUT2D eigenvalue weighted by Crippen LogP contribution is -2.49. The fraction of sp³-hybridized carbons (Fsp3) is 0.500. The summed E-state index contributed by atoms with van der Waals surface area (Å²) in [6.45, 7) is 3.90. The van der Waals surface area contributed by atoms with E-state index in [4.69, 9.17) is 16.3 Å². The van der Waals surface area contributed by atoms with Crippen LogP contribution in [0.2, 0.25) is 5.02 Å². The molecule has 1 N–H and O–H groups in total. The van der Waals surface area contributed by atoms with E-state index in [9.17, 15) is 18.0 Å². The van der Waals surface area contributed by atoms with E-state index >= 15 is 0 Å². The summed E-state index contributed by atoms with van der Waals surface area (Å²) in [7, 11) is -2.02. The van der Waals surface area contributed by atoms with E-state index in [0.29, 0.717) is 16.5 Å². The Labute approximate surface area is 231 Å². The van der Waals surface area contributed by atoms with Crippen molar-refractivity contribution in [2.45, 2.75) is 71.0 Å². The predicted molar refractivity (Wildman–Crippen MR) is 151 cm³/mol. The van der Waals surface area contributed by atoms with Gasteiger partial charge >= 0.3 is 0 Å². The first-order valence-electron chi connectivity index (χ1n) is 13.0. The zero-order valence-corrected chi connectivity index (χ0v) is 24.1. The van der Waals surface area contributed by atoms with Gasteiger partial charge in [0.2, 0.25) is 21.8 Å². The number of nitrogens with one attached hydrogen (secondary N) is 1. The molecule has 1 atom stereocenters. The first-order chi connectivity index (χ1) is 18.0. The quantitative estimate of drug-likeness (QED) is 0.404. The zero-order chi connectivity index (χ0) is 27.9. The molecule has 0 unspecified atom stereocenters. The number of benzene rings is 2. The third-order valence-corrected chi connectivity index (χ3v) is 8.36. The summed E-state index contributed by atoms with van der Waals surface area (Å²) in [5, 5.41) is 3.52. The molecule has 1 fully saturated rings. The molecule has 0 saturated heterocycles. The van der Waals surface area contributed by atoms with Crippen molar-refractivity contribution in [3.05, 3.63) is 58.6 Å². The van der Waals surface area contributed by atoms with Crippen molar-refractivity contribution in [2.75, 3.05) is 24.2 Å². The molecule has 1 aliphatic rings. The number of ether oxygens (including phenoxy) is 1. The van der Waals surface area contributed by atoms with Gasteiger partial charge in [0.05, 0.1) is 19.1 Å². The maximum Gasteiger partial charge on any atom is 0.242 e. The van der Waals surface area contributed by atoms with Crippen molar-refractivity contribution in [1.29, 1.82) is 0 Å². The molecule has 0 aromatic heterocycles. The molecule has 2 aromatic carbocycles. The smallest absolute Gasteiger partial charge is 0.242 e. The summed E-state index contributed by atoms with van der Waals surface area (Å²) in [4.78, 5) is 28.2.